The number of nitrogens with one attached hydrogen (secondary N) is 1. The van der Waals surface area contributed by atoms with Crippen molar-refractivity contribution in [3.63, 3.8) is 0 Å². The van der Waals surface area contributed by atoms with Crippen molar-refractivity contribution in [2.45, 2.75) is 12.6 Å². The zero-order chi connectivity index (χ0) is 22.8. The molecule has 0 aromatic heterocycles. The molecule has 1 aliphatic heterocycles. The molecule has 1 N–H and O–H groups in total. The summed E-state index contributed by atoms with van der Waals surface area (Å²) in [5, 5.41) is 12.5. The van der Waals surface area contributed by atoms with E-state index in [4.69, 9.17) is 5.41 Å². The van der Waals surface area contributed by atoms with Crippen LogP contribution in [0.1, 0.15) is 5.56 Å². The van der Waals surface area contributed by atoms with Gasteiger partial charge >= 0.3 is 0 Å². The minimum absolute atomic E-state index is 0.00810. The maximum atomic E-state index is 14.2. The molecule has 1 saturated heterocycles. The molecule has 4 heteroatoms. The fourth-order valence-corrected chi connectivity index (χ4v) is 9.59. The van der Waals surface area contributed by atoms with Crippen molar-refractivity contribution in [3.05, 3.63) is 121 Å². The second kappa shape index (κ2) is 8.77. The third kappa shape index (κ3) is 3.59. The molecule has 0 aliphatic carbocycles. The van der Waals surface area contributed by atoms with E-state index in [1.54, 1.807) is 4.90 Å². The van der Waals surface area contributed by atoms with Crippen molar-refractivity contribution in [2.24, 2.45) is 0 Å². The molecule has 1 heterocycles. The van der Waals surface area contributed by atoms with Crippen LogP contribution in [0.4, 0.5) is 5.69 Å². The second-order valence-electron chi connectivity index (χ2n) is 8.42. The van der Waals surface area contributed by atoms with Crippen LogP contribution in [-0.4, -0.2) is 23.8 Å². The summed E-state index contributed by atoms with van der Waals surface area (Å²) in [6.45, 7) is 2.36. The SMILES string of the molecule is Cc1ccc(N2CC(=N)C([P+](c3ccccc3)(c3ccccc3)c3ccccc3)C2=O)cc1. The zero-order valence-electron chi connectivity index (χ0n) is 18.6. The van der Waals surface area contributed by atoms with Crippen LogP contribution in [-0.2, 0) is 4.79 Å². The molecule has 4 aromatic rings. The van der Waals surface area contributed by atoms with Gasteiger partial charge in [0.05, 0.1) is 12.3 Å². The first-order chi connectivity index (χ1) is 16.1. The lowest BCUT2D eigenvalue weighted by Crippen LogP contribution is -2.44. The molecule has 0 saturated carbocycles. The molecule has 1 aliphatic rings. The van der Waals surface area contributed by atoms with E-state index < -0.39 is 12.9 Å². The smallest absolute Gasteiger partial charge is 0.275 e. The Morgan fingerprint density at radius 2 is 1.12 bits per heavy atom. The topological polar surface area (TPSA) is 44.2 Å². The highest BCUT2D eigenvalue weighted by Crippen LogP contribution is 2.61. The Morgan fingerprint density at radius 3 is 1.55 bits per heavy atom. The average Bonchev–Trinajstić information content (AvgIpc) is 3.17. The van der Waals surface area contributed by atoms with Crippen molar-refractivity contribution in [2.75, 3.05) is 11.4 Å². The standard InChI is InChI=1S/C29H26N2OP/c1-22-17-19-23(20-18-22)31-21-27(30)28(29(31)32)33(24-11-5-2-6-12-24,25-13-7-3-8-14-25)26-15-9-4-10-16-26/h2-20,28,30H,21H2,1H3/q+1. The lowest BCUT2D eigenvalue weighted by molar-refractivity contribution is -0.116. The van der Waals surface area contributed by atoms with Crippen molar-refractivity contribution >= 4 is 40.5 Å². The molecule has 162 valence electrons. The normalized spacial score (nSPS) is 16.3. The molecule has 3 nitrogen and oxygen atoms in total. The summed E-state index contributed by atoms with van der Waals surface area (Å²) in [4.78, 5) is 16.0. The number of amides is 1. The summed E-state index contributed by atoms with van der Waals surface area (Å²) in [7, 11) is -2.50. The van der Waals surface area contributed by atoms with E-state index in [0.717, 1.165) is 27.2 Å². The van der Waals surface area contributed by atoms with Gasteiger partial charge in [0.1, 0.15) is 23.2 Å². The molecule has 4 aromatic carbocycles. The number of carbonyl (C=O) groups is 1. The molecule has 1 amide bonds. The van der Waals surface area contributed by atoms with Crippen LogP contribution < -0.4 is 20.8 Å². The molecular formula is C29H26N2OP+. The highest BCUT2D eigenvalue weighted by atomic mass is 31.2. The van der Waals surface area contributed by atoms with E-state index in [-0.39, 0.29) is 5.91 Å². The fourth-order valence-electron chi connectivity index (χ4n) is 4.86. The quantitative estimate of drug-likeness (QED) is 0.440. The summed E-state index contributed by atoms with van der Waals surface area (Å²) in [5.41, 5.74) is 1.94. The highest BCUT2D eigenvalue weighted by molar-refractivity contribution is 7.97. The van der Waals surface area contributed by atoms with Crippen molar-refractivity contribution in [1.29, 1.82) is 5.41 Å². The summed E-state index contributed by atoms with van der Waals surface area (Å²) in [5.74, 6) is 0.00810. The minimum Gasteiger partial charge on any atom is -0.303 e. The molecule has 0 radical (unpaired) electrons. The van der Waals surface area contributed by atoms with Gasteiger partial charge in [0, 0.05) is 5.69 Å². The van der Waals surface area contributed by atoms with Gasteiger partial charge in [-0.3, -0.25) is 4.79 Å². The van der Waals surface area contributed by atoms with Crippen LogP contribution in [0.2, 0.25) is 0 Å². The number of hydrogen-bond acceptors (Lipinski definition) is 2. The molecule has 1 unspecified atom stereocenters. The Balaban J connectivity index is 1.77. The monoisotopic (exact) mass is 449 g/mol. The molecular weight excluding hydrogens is 423 g/mol. The Hall–Kier alpha value is -3.55. The Labute approximate surface area is 195 Å². The largest absolute Gasteiger partial charge is 0.303 e. The second-order valence-corrected chi connectivity index (χ2v) is 11.9. The third-order valence-corrected chi connectivity index (χ3v) is 11.0. The maximum absolute atomic E-state index is 14.2. The van der Waals surface area contributed by atoms with Gasteiger partial charge in [-0.1, -0.05) is 72.3 Å². The van der Waals surface area contributed by atoms with Gasteiger partial charge in [-0.05, 0) is 55.5 Å². The number of nitrogens with zero attached hydrogens (tertiary/aromatic N) is 1. The minimum atomic E-state index is -2.50. The van der Waals surface area contributed by atoms with E-state index in [9.17, 15) is 4.79 Å². The average molecular weight is 450 g/mol. The lowest BCUT2D eigenvalue weighted by Gasteiger charge is -2.31. The highest BCUT2D eigenvalue weighted by Gasteiger charge is 2.61. The van der Waals surface area contributed by atoms with E-state index in [1.165, 1.54) is 0 Å². The van der Waals surface area contributed by atoms with Gasteiger partial charge < -0.3 is 10.3 Å². The predicted molar refractivity (Wildman–Crippen MR) is 140 cm³/mol. The summed E-state index contributed by atoms with van der Waals surface area (Å²) < 4.78 is 0. The number of benzene rings is 4. The molecule has 33 heavy (non-hydrogen) atoms. The van der Waals surface area contributed by atoms with E-state index >= 15 is 0 Å². The maximum Gasteiger partial charge on any atom is 0.275 e. The van der Waals surface area contributed by atoms with Crippen LogP contribution in [0.5, 0.6) is 0 Å². The van der Waals surface area contributed by atoms with Gasteiger partial charge in [0.25, 0.3) is 5.91 Å². The van der Waals surface area contributed by atoms with Crippen molar-refractivity contribution in [1.82, 2.24) is 0 Å². The lowest BCUT2D eigenvalue weighted by atomic mass is 10.2. The molecule has 1 atom stereocenters. The molecule has 1 fully saturated rings. The van der Waals surface area contributed by atoms with Gasteiger partial charge in [-0.2, -0.15) is 0 Å². The first-order valence-electron chi connectivity index (χ1n) is 11.1. The molecule has 5 rings (SSSR count). The number of hydrogen-bond donors (Lipinski definition) is 1. The summed E-state index contributed by atoms with van der Waals surface area (Å²) in [6.07, 6.45) is 0. The number of rotatable bonds is 5. The van der Waals surface area contributed by atoms with Crippen LogP contribution >= 0.6 is 7.26 Å². The van der Waals surface area contributed by atoms with Crippen molar-refractivity contribution < 1.29 is 4.79 Å². The molecule has 0 bridgehead atoms. The van der Waals surface area contributed by atoms with Crippen molar-refractivity contribution in [3.8, 4) is 0 Å². The summed E-state index contributed by atoms with van der Waals surface area (Å²) in [6, 6.07) is 39.0. The first-order valence-corrected chi connectivity index (χ1v) is 13.0. The van der Waals surface area contributed by atoms with Crippen LogP contribution in [0.3, 0.4) is 0 Å². The number of aryl methyl sites for hydroxylation is 1. The Bertz CT molecular complexity index is 1180. The van der Waals surface area contributed by atoms with Crippen LogP contribution in [0.25, 0.3) is 0 Å². The Kier molecular flexibility index (Phi) is 5.66. The van der Waals surface area contributed by atoms with Gasteiger partial charge in [-0.25, -0.2) is 0 Å². The zero-order valence-corrected chi connectivity index (χ0v) is 19.5. The van der Waals surface area contributed by atoms with Gasteiger partial charge in [0.15, 0.2) is 0 Å². The van der Waals surface area contributed by atoms with E-state index in [0.29, 0.717) is 12.3 Å². The van der Waals surface area contributed by atoms with E-state index in [1.807, 2.05) is 85.8 Å². The van der Waals surface area contributed by atoms with Crippen LogP contribution in [0.15, 0.2) is 115 Å². The third-order valence-electron chi connectivity index (χ3n) is 6.38. The fraction of sp³-hybridized carbons (Fsp3) is 0.103. The van der Waals surface area contributed by atoms with Crippen LogP contribution in [0, 0.1) is 12.3 Å². The number of carbonyl (C=O) groups excluding carboxylic acids is 1. The number of anilines is 1. The summed E-state index contributed by atoms with van der Waals surface area (Å²) >= 11 is 0. The van der Waals surface area contributed by atoms with Gasteiger partial charge in [0.2, 0.25) is 5.66 Å². The van der Waals surface area contributed by atoms with Gasteiger partial charge in [-0.15, -0.1) is 0 Å². The predicted octanol–water partition coefficient (Wildman–Crippen LogP) is 4.72. The molecule has 0 spiro atoms. The van der Waals surface area contributed by atoms with E-state index in [2.05, 4.69) is 36.4 Å². The Morgan fingerprint density at radius 1 is 0.697 bits per heavy atom. The first kappa shape index (κ1) is 21.3.